The summed E-state index contributed by atoms with van der Waals surface area (Å²) in [6.45, 7) is 1.36. The minimum Gasteiger partial charge on any atom is -0.382 e. The van der Waals surface area contributed by atoms with Gasteiger partial charge in [-0.1, -0.05) is 0 Å². The van der Waals surface area contributed by atoms with Crippen molar-refractivity contribution in [3.05, 3.63) is 0 Å². The minimum atomic E-state index is -4.65. The molecule has 7 heteroatoms. The second kappa shape index (κ2) is 5.92. The first-order valence-electron chi connectivity index (χ1n) is 4.48. The van der Waals surface area contributed by atoms with Crippen LogP contribution in [0.2, 0.25) is 0 Å². The van der Waals surface area contributed by atoms with Gasteiger partial charge < -0.3 is 15.3 Å². The average molecular weight is 228 g/mol. The maximum absolute atomic E-state index is 11.8. The summed E-state index contributed by atoms with van der Waals surface area (Å²) in [6.07, 6.45) is -7.08. The second-order valence-corrected chi connectivity index (χ2v) is 3.10. The Labute approximate surface area is 86.1 Å². The minimum absolute atomic E-state index is 0.211. The van der Waals surface area contributed by atoms with Gasteiger partial charge in [-0.25, -0.2) is 0 Å². The van der Waals surface area contributed by atoms with Crippen LogP contribution < -0.4 is 5.32 Å². The van der Waals surface area contributed by atoms with Crippen LogP contribution >= 0.6 is 0 Å². The smallest absolute Gasteiger partial charge is 0.382 e. The van der Waals surface area contributed by atoms with E-state index < -0.39 is 18.8 Å². The van der Waals surface area contributed by atoms with Crippen LogP contribution in [-0.2, 0) is 4.79 Å². The van der Waals surface area contributed by atoms with E-state index in [9.17, 15) is 18.0 Å². The highest BCUT2D eigenvalue weighted by molar-refractivity contribution is 5.77. The van der Waals surface area contributed by atoms with Crippen LogP contribution in [0.5, 0.6) is 0 Å². The van der Waals surface area contributed by atoms with Crippen LogP contribution in [-0.4, -0.2) is 54.9 Å². The zero-order valence-electron chi connectivity index (χ0n) is 8.64. The van der Waals surface area contributed by atoms with Crippen molar-refractivity contribution in [2.75, 3.05) is 26.7 Å². The molecule has 0 aliphatic carbocycles. The summed E-state index contributed by atoms with van der Waals surface area (Å²) in [4.78, 5) is 12.5. The molecule has 0 radical (unpaired) electrons. The number of nitrogens with zero attached hydrogens (tertiary/aromatic N) is 1. The molecule has 0 saturated heterocycles. The van der Waals surface area contributed by atoms with Gasteiger partial charge in [0.05, 0.1) is 6.54 Å². The number of amides is 1. The topological polar surface area (TPSA) is 52.6 Å². The summed E-state index contributed by atoms with van der Waals surface area (Å²) in [7, 11) is 1.55. The number of alkyl halides is 3. The molecule has 0 aliphatic heterocycles. The zero-order chi connectivity index (χ0) is 12.1. The lowest BCUT2D eigenvalue weighted by molar-refractivity contribution is -0.201. The van der Waals surface area contributed by atoms with E-state index in [2.05, 4.69) is 5.32 Å². The standard InChI is InChI=1S/C8H15F3N2O2/c1-3-13(2)7(15)5-12-4-6(14)8(9,10)11/h6,12,14H,3-5H2,1-2H3. The van der Waals surface area contributed by atoms with E-state index in [0.29, 0.717) is 6.54 Å². The van der Waals surface area contributed by atoms with E-state index in [4.69, 9.17) is 5.11 Å². The Bertz CT molecular complexity index is 209. The highest BCUT2D eigenvalue weighted by atomic mass is 19.4. The van der Waals surface area contributed by atoms with E-state index in [-0.39, 0.29) is 12.5 Å². The lowest BCUT2D eigenvalue weighted by Crippen LogP contribution is -2.42. The van der Waals surface area contributed by atoms with Crippen molar-refractivity contribution >= 4 is 5.91 Å². The molecular weight excluding hydrogens is 213 g/mol. The lowest BCUT2D eigenvalue weighted by Gasteiger charge is -2.17. The Kier molecular flexibility index (Phi) is 5.59. The van der Waals surface area contributed by atoms with Gasteiger partial charge in [0.15, 0.2) is 6.10 Å². The monoisotopic (exact) mass is 228 g/mol. The molecule has 0 aliphatic rings. The van der Waals surface area contributed by atoms with Crippen molar-refractivity contribution in [1.29, 1.82) is 0 Å². The van der Waals surface area contributed by atoms with Crippen LogP contribution in [0.25, 0.3) is 0 Å². The molecule has 0 saturated carbocycles. The van der Waals surface area contributed by atoms with Crippen LogP contribution in [0.1, 0.15) is 6.92 Å². The Hall–Kier alpha value is -0.820. The fourth-order valence-electron chi connectivity index (χ4n) is 0.743. The van der Waals surface area contributed by atoms with Crippen LogP contribution in [0.3, 0.4) is 0 Å². The molecule has 0 aromatic heterocycles. The normalized spacial score (nSPS) is 13.7. The molecule has 1 atom stereocenters. The summed E-state index contributed by atoms with van der Waals surface area (Å²) < 4.78 is 35.4. The average Bonchev–Trinajstić information content (AvgIpc) is 2.14. The number of aliphatic hydroxyl groups is 1. The van der Waals surface area contributed by atoms with Crippen molar-refractivity contribution in [2.45, 2.75) is 19.2 Å². The summed E-state index contributed by atoms with van der Waals surface area (Å²) in [5.74, 6) is -0.313. The first-order valence-corrected chi connectivity index (χ1v) is 4.48. The molecule has 15 heavy (non-hydrogen) atoms. The first-order chi connectivity index (χ1) is 6.79. The maximum atomic E-state index is 11.8. The Morgan fingerprint density at radius 3 is 2.47 bits per heavy atom. The Balaban J connectivity index is 3.76. The van der Waals surface area contributed by atoms with Crippen LogP contribution in [0, 0.1) is 0 Å². The predicted octanol–water partition coefficient (Wildman–Crippen LogP) is -0.0225. The number of carbonyl (C=O) groups excluding carboxylic acids is 1. The zero-order valence-corrected chi connectivity index (χ0v) is 8.64. The van der Waals surface area contributed by atoms with Gasteiger partial charge in [0.2, 0.25) is 5.91 Å². The van der Waals surface area contributed by atoms with E-state index in [0.717, 1.165) is 0 Å². The molecule has 0 aromatic rings. The van der Waals surface area contributed by atoms with Gasteiger partial charge in [-0.3, -0.25) is 4.79 Å². The number of halogens is 3. The van der Waals surface area contributed by atoms with Gasteiger partial charge in [0.1, 0.15) is 0 Å². The molecule has 0 heterocycles. The number of carbonyl (C=O) groups is 1. The fourth-order valence-corrected chi connectivity index (χ4v) is 0.743. The summed E-state index contributed by atoms with van der Waals surface area (Å²) in [6, 6.07) is 0. The molecule has 90 valence electrons. The van der Waals surface area contributed by atoms with Crippen molar-refractivity contribution in [2.24, 2.45) is 0 Å². The third-order valence-corrected chi connectivity index (χ3v) is 1.89. The molecule has 1 unspecified atom stereocenters. The quantitative estimate of drug-likeness (QED) is 0.695. The van der Waals surface area contributed by atoms with Gasteiger partial charge in [-0.05, 0) is 6.92 Å². The molecule has 2 N–H and O–H groups in total. The number of hydrogen-bond acceptors (Lipinski definition) is 3. The lowest BCUT2D eigenvalue weighted by atomic mass is 10.3. The largest absolute Gasteiger partial charge is 0.415 e. The van der Waals surface area contributed by atoms with Crippen molar-refractivity contribution in [3.8, 4) is 0 Å². The van der Waals surface area contributed by atoms with Gasteiger partial charge in [0, 0.05) is 20.1 Å². The molecule has 0 rings (SSSR count). The highest BCUT2D eigenvalue weighted by Crippen LogP contribution is 2.18. The number of rotatable bonds is 5. The van der Waals surface area contributed by atoms with Crippen molar-refractivity contribution in [3.63, 3.8) is 0 Å². The van der Waals surface area contributed by atoms with Crippen LogP contribution in [0.15, 0.2) is 0 Å². The third kappa shape index (κ3) is 5.58. The molecule has 1 amide bonds. The van der Waals surface area contributed by atoms with Gasteiger partial charge in [-0.2, -0.15) is 13.2 Å². The molecule has 0 fully saturated rings. The summed E-state index contributed by atoms with van der Waals surface area (Å²) >= 11 is 0. The Morgan fingerprint density at radius 2 is 2.07 bits per heavy atom. The van der Waals surface area contributed by atoms with E-state index in [1.807, 2.05) is 0 Å². The molecule has 0 bridgehead atoms. The number of likely N-dealkylation sites (N-methyl/N-ethyl adjacent to an activating group) is 1. The van der Waals surface area contributed by atoms with Crippen molar-refractivity contribution < 1.29 is 23.1 Å². The van der Waals surface area contributed by atoms with E-state index >= 15 is 0 Å². The number of nitrogens with one attached hydrogen (secondary N) is 1. The summed E-state index contributed by atoms with van der Waals surface area (Å²) in [5, 5.41) is 10.8. The molecule has 4 nitrogen and oxygen atoms in total. The van der Waals surface area contributed by atoms with Gasteiger partial charge >= 0.3 is 6.18 Å². The second-order valence-electron chi connectivity index (χ2n) is 3.10. The maximum Gasteiger partial charge on any atom is 0.415 e. The van der Waals surface area contributed by atoms with Crippen molar-refractivity contribution in [1.82, 2.24) is 10.2 Å². The molecular formula is C8H15F3N2O2. The highest BCUT2D eigenvalue weighted by Gasteiger charge is 2.37. The fraction of sp³-hybridized carbons (Fsp3) is 0.875. The SMILES string of the molecule is CCN(C)C(=O)CNCC(O)C(F)(F)F. The molecule has 0 spiro atoms. The van der Waals surface area contributed by atoms with Crippen LogP contribution in [0.4, 0.5) is 13.2 Å². The van der Waals surface area contributed by atoms with E-state index in [1.165, 1.54) is 4.90 Å². The van der Waals surface area contributed by atoms with Gasteiger partial charge in [0.25, 0.3) is 0 Å². The summed E-state index contributed by atoms with van der Waals surface area (Å²) in [5.41, 5.74) is 0. The number of aliphatic hydroxyl groups excluding tert-OH is 1. The third-order valence-electron chi connectivity index (χ3n) is 1.89. The number of hydrogen-bond donors (Lipinski definition) is 2. The van der Waals surface area contributed by atoms with Gasteiger partial charge in [-0.15, -0.1) is 0 Å². The molecule has 0 aromatic carbocycles. The first kappa shape index (κ1) is 14.2. The van der Waals surface area contributed by atoms with E-state index in [1.54, 1.807) is 14.0 Å². The predicted molar refractivity (Wildman–Crippen MR) is 48.2 cm³/mol. The Morgan fingerprint density at radius 1 is 1.53 bits per heavy atom.